The minimum atomic E-state index is 0.458. The van der Waals surface area contributed by atoms with Crippen LogP contribution in [0, 0.1) is 0 Å². The Morgan fingerprint density at radius 2 is 2.27 bits per heavy atom. The van der Waals surface area contributed by atoms with E-state index >= 15 is 0 Å². The number of carbonyl (C=O) groups is 1. The molecule has 11 heavy (non-hydrogen) atoms. The zero-order chi connectivity index (χ0) is 8.69. The molecule has 1 rings (SSSR count). The summed E-state index contributed by atoms with van der Waals surface area (Å²) < 4.78 is 0.837. The lowest BCUT2D eigenvalue weighted by atomic mass is 10.3. The molecule has 0 aliphatic heterocycles. The quantitative estimate of drug-likeness (QED) is 0.329. The van der Waals surface area contributed by atoms with Crippen molar-refractivity contribution in [1.29, 1.82) is 0 Å². The summed E-state index contributed by atoms with van der Waals surface area (Å²) in [4.78, 5) is 10.0. The lowest BCUT2D eigenvalue weighted by Gasteiger charge is -1.81. The lowest BCUT2D eigenvalue weighted by molar-refractivity contribution is -0.904. The van der Waals surface area contributed by atoms with Crippen molar-refractivity contribution in [3.8, 4) is 0 Å². The maximum Gasteiger partial charge on any atom is 0.232 e. The zero-order valence-electron chi connectivity index (χ0n) is 6.27. The molecule has 0 aliphatic carbocycles. The van der Waals surface area contributed by atoms with Crippen molar-refractivity contribution < 1.29 is 14.7 Å². The van der Waals surface area contributed by atoms with Gasteiger partial charge in [-0.1, -0.05) is 0 Å². The van der Waals surface area contributed by atoms with Crippen LogP contribution in [-0.2, 0) is 0 Å². The van der Waals surface area contributed by atoms with Crippen molar-refractivity contribution in [3.05, 3.63) is 30.1 Å². The number of rotatable bonds is 1. The first-order chi connectivity index (χ1) is 5.33. The molecule has 4 heteroatoms. The monoisotopic (exact) mass is 155 g/mol. The Kier molecular flexibility index (Phi) is 4.68. The molecule has 0 spiro atoms. The van der Waals surface area contributed by atoms with E-state index in [0.717, 1.165) is 4.73 Å². The average Bonchev–Trinajstić information content (AvgIpc) is 2.08. The Labute approximate surface area is 64.8 Å². The first-order valence-electron chi connectivity index (χ1n) is 3.06. The fourth-order valence-electron chi connectivity index (χ4n) is 0.551. The fourth-order valence-corrected chi connectivity index (χ4v) is 0.551. The van der Waals surface area contributed by atoms with Crippen LogP contribution in [0.1, 0.15) is 10.4 Å². The van der Waals surface area contributed by atoms with Crippen molar-refractivity contribution >= 4 is 6.29 Å². The van der Waals surface area contributed by atoms with Crippen LogP contribution in [0.4, 0.5) is 0 Å². The molecule has 0 saturated carbocycles. The standard InChI is InChI=1S/C6H6NO2.CH5N/c8-5-6-2-1-3-7(9)4-6;1-2/h1-5,9H;2H2,1H3/q+1;. The number of nitrogens with two attached hydrogens (primary N) is 1. The molecular formula is C7H11N2O2+. The Morgan fingerprint density at radius 3 is 2.64 bits per heavy atom. The van der Waals surface area contributed by atoms with E-state index in [0.29, 0.717) is 11.8 Å². The molecule has 0 aliphatic rings. The van der Waals surface area contributed by atoms with Crippen LogP contribution < -0.4 is 10.5 Å². The maximum atomic E-state index is 10.0. The second kappa shape index (κ2) is 5.37. The van der Waals surface area contributed by atoms with Gasteiger partial charge in [-0.2, -0.15) is 0 Å². The van der Waals surface area contributed by atoms with Crippen LogP contribution in [0.15, 0.2) is 24.5 Å². The van der Waals surface area contributed by atoms with Gasteiger partial charge in [0.25, 0.3) is 0 Å². The van der Waals surface area contributed by atoms with Crippen molar-refractivity contribution in [2.24, 2.45) is 5.73 Å². The van der Waals surface area contributed by atoms with Crippen molar-refractivity contribution in [2.45, 2.75) is 0 Å². The van der Waals surface area contributed by atoms with Crippen LogP contribution >= 0.6 is 0 Å². The van der Waals surface area contributed by atoms with Gasteiger partial charge >= 0.3 is 0 Å². The van der Waals surface area contributed by atoms with E-state index < -0.39 is 0 Å². The highest BCUT2D eigenvalue weighted by molar-refractivity contribution is 5.73. The van der Waals surface area contributed by atoms with E-state index in [9.17, 15) is 4.79 Å². The first-order valence-corrected chi connectivity index (χ1v) is 3.06. The molecule has 0 saturated heterocycles. The topological polar surface area (TPSA) is 67.2 Å². The Morgan fingerprint density at radius 1 is 1.64 bits per heavy atom. The lowest BCUT2D eigenvalue weighted by Crippen LogP contribution is -2.28. The third-order valence-electron chi connectivity index (χ3n) is 0.945. The van der Waals surface area contributed by atoms with Crippen molar-refractivity contribution in [3.63, 3.8) is 0 Å². The molecular weight excluding hydrogens is 144 g/mol. The molecule has 0 amide bonds. The normalized spacial score (nSPS) is 7.82. The minimum absolute atomic E-state index is 0.458. The molecule has 60 valence electrons. The predicted molar refractivity (Wildman–Crippen MR) is 39.3 cm³/mol. The Bertz CT molecular complexity index is 225. The van der Waals surface area contributed by atoms with Gasteiger partial charge in [-0.05, 0) is 13.1 Å². The zero-order valence-corrected chi connectivity index (χ0v) is 6.27. The van der Waals surface area contributed by atoms with E-state index in [4.69, 9.17) is 5.21 Å². The van der Waals surface area contributed by atoms with Crippen LogP contribution in [0.25, 0.3) is 0 Å². The average molecular weight is 155 g/mol. The molecule has 0 aromatic carbocycles. The van der Waals surface area contributed by atoms with E-state index in [1.165, 1.54) is 19.4 Å². The van der Waals surface area contributed by atoms with Crippen LogP contribution in [-0.4, -0.2) is 18.5 Å². The van der Waals surface area contributed by atoms with E-state index in [-0.39, 0.29) is 0 Å². The van der Waals surface area contributed by atoms with Gasteiger partial charge in [0, 0.05) is 10.8 Å². The molecule has 1 aromatic heterocycles. The second-order valence-corrected chi connectivity index (χ2v) is 1.64. The largest absolute Gasteiger partial charge is 0.333 e. The molecule has 4 nitrogen and oxygen atoms in total. The summed E-state index contributed by atoms with van der Waals surface area (Å²) in [5.74, 6) is 0. The first kappa shape index (κ1) is 9.58. The van der Waals surface area contributed by atoms with E-state index in [2.05, 4.69) is 5.73 Å². The van der Waals surface area contributed by atoms with E-state index in [1.54, 1.807) is 12.1 Å². The summed E-state index contributed by atoms with van der Waals surface area (Å²) in [5.41, 5.74) is 4.96. The number of hydrogen-bond donors (Lipinski definition) is 2. The van der Waals surface area contributed by atoms with Gasteiger partial charge in [0.05, 0.1) is 5.56 Å². The molecule has 0 bridgehead atoms. The smallest absolute Gasteiger partial charge is 0.232 e. The SMILES string of the molecule is CN.O=Cc1ccc[n+](O)c1. The predicted octanol–water partition coefficient (Wildman–Crippen LogP) is -0.401. The fraction of sp³-hybridized carbons (Fsp3) is 0.143. The molecule has 1 aromatic rings. The van der Waals surface area contributed by atoms with Gasteiger partial charge < -0.3 is 5.73 Å². The third kappa shape index (κ3) is 3.32. The second-order valence-electron chi connectivity index (χ2n) is 1.64. The van der Waals surface area contributed by atoms with Crippen LogP contribution in [0.2, 0.25) is 0 Å². The highest BCUT2D eigenvalue weighted by Crippen LogP contribution is 1.85. The van der Waals surface area contributed by atoms with Crippen LogP contribution in [0.3, 0.4) is 0 Å². The van der Waals surface area contributed by atoms with Gasteiger partial charge in [0.15, 0.2) is 6.29 Å². The minimum Gasteiger partial charge on any atom is -0.333 e. The summed E-state index contributed by atoms with van der Waals surface area (Å²) in [6.45, 7) is 0. The number of aldehydes is 1. The summed E-state index contributed by atoms with van der Waals surface area (Å²) >= 11 is 0. The molecule has 0 radical (unpaired) electrons. The van der Waals surface area contributed by atoms with Crippen LogP contribution in [0.5, 0.6) is 0 Å². The Hall–Kier alpha value is -1.42. The van der Waals surface area contributed by atoms with Gasteiger partial charge in [-0.25, -0.2) is 0 Å². The molecule has 0 unspecified atom stereocenters. The number of nitrogens with zero attached hydrogens (tertiary/aromatic N) is 1. The van der Waals surface area contributed by atoms with Crippen molar-refractivity contribution in [2.75, 3.05) is 7.05 Å². The molecule has 0 atom stereocenters. The summed E-state index contributed by atoms with van der Waals surface area (Å²) in [6, 6.07) is 3.20. The maximum absolute atomic E-state index is 10.0. The molecule has 1 heterocycles. The van der Waals surface area contributed by atoms with Gasteiger partial charge in [-0.15, -0.1) is 0 Å². The molecule has 0 fully saturated rings. The van der Waals surface area contributed by atoms with Gasteiger partial charge in [0.1, 0.15) is 0 Å². The van der Waals surface area contributed by atoms with Crippen molar-refractivity contribution in [1.82, 2.24) is 0 Å². The number of carbonyl (C=O) groups excluding carboxylic acids is 1. The number of aromatic nitrogens is 1. The Balaban J connectivity index is 0.000000461. The third-order valence-corrected chi connectivity index (χ3v) is 0.945. The highest BCUT2D eigenvalue weighted by atomic mass is 16.5. The summed E-state index contributed by atoms with van der Waals surface area (Å²) in [7, 11) is 1.50. The van der Waals surface area contributed by atoms with Gasteiger partial charge in [0.2, 0.25) is 12.4 Å². The summed E-state index contributed by atoms with van der Waals surface area (Å²) in [6.07, 6.45) is 3.44. The van der Waals surface area contributed by atoms with Gasteiger partial charge in [-0.3, -0.25) is 10.0 Å². The number of hydrogen-bond acceptors (Lipinski definition) is 3. The van der Waals surface area contributed by atoms with E-state index in [1.807, 2.05) is 0 Å². The number of pyridine rings is 1. The summed E-state index contributed by atoms with van der Waals surface area (Å²) in [5, 5.41) is 8.70. The molecule has 3 N–H and O–H groups in total. The highest BCUT2D eigenvalue weighted by Gasteiger charge is 1.95.